The minimum atomic E-state index is -0.201. The van der Waals surface area contributed by atoms with Gasteiger partial charge in [-0.05, 0) is 26.2 Å². The quantitative estimate of drug-likeness (QED) is 0.741. The van der Waals surface area contributed by atoms with E-state index in [4.69, 9.17) is 5.73 Å². The van der Waals surface area contributed by atoms with Crippen molar-refractivity contribution in [2.45, 2.75) is 45.7 Å². The summed E-state index contributed by atoms with van der Waals surface area (Å²) in [5, 5.41) is 10.5. The maximum Gasteiger partial charge on any atom is 0.242 e. The third-order valence-electron chi connectivity index (χ3n) is 3.21. The van der Waals surface area contributed by atoms with Gasteiger partial charge in [0.05, 0.1) is 11.4 Å². The summed E-state index contributed by atoms with van der Waals surface area (Å²) >= 11 is 0. The van der Waals surface area contributed by atoms with Crippen LogP contribution in [0.5, 0.6) is 0 Å². The van der Waals surface area contributed by atoms with Crippen LogP contribution in [0.25, 0.3) is 0 Å². The van der Waals surface area contributed by atoms with Crippen molar-refractivity contribution in [3.63, 3.8) is 0 Å². The Morgan fingerprint density at radius 3 is 3.06 bits per heavy atom. The molecule has 1 unspecified atom stereocenters. The Kier molecular flexibility index (Phi) is 3.74. The first-order valence-corrected chi connectivity index (χ1v) is 6.50. The number of anilines is 2. The minimum Gasteiger partial charge on any atom is -0.394 e. The molecule has 2 rings (SSSR count). The molecule has 1 aliphatic heterocycles. The predicted molar refractivity (Wildman–Crippen MR) is 71.3 cm³/mol. The van der Waals surface area contributed by atoms with E-state index in [9.17, 15) is 4.79 Å². The predicted octanol–water partition coefficient (Wildman–Crippen LogP) is 0.874. The number of hydrogen-bond acceptors (Lipinski definition) is 4. The molecule has 1 amide bonds. The van der Waals surface area contributed by atoms with Crippen molar-refractivity contribution in [3.05, 3.63) is 5.69 Å². The molecule has 1 atom stereocenters. The van der Waals surface area contributed by atoms with Crippen LogP contribution >= 0.6 is 0 Å². The van der Waals surface area contributed by atoms with Gasteiger partial charge in [0.25, 0.3) is 0 Å². The van der Waals surface area contributed by atoms with Crippen LogP contribution in [-0.2, 0) is 11.3 Å². The van der Waals surface area contributed by atoms with Crippen LogP contribution in [0.15, 0.2) is 0 Å². The van der Waals surface area contributed by atoms with E-state index in [1.54, 1.807) is 0 Å². The molecule has 1 aromatic rings. The van der Waals surface area contributed by atoms with Crippen molar-refractivity contribution in [3.8, 4) is 0 Å². The number of aryl methyl sites for hydroxylation is 2. The smallest absolute Gasteiger partial charge is 0.242 e. The van der Waals surface area contributed by atoms with Crippen molar-refractivity contribution >= 4 is 17.4 Å². The van der Waals surface area contributed by atoms with Gasteiger partial charge in [-0.2, -0.15) is 5.10 Å². The summed E-state index contributed by atoms with van der Waals surface area (Å²) < 4.78 is 1.85. The monoisotopic (exact) mass is 251 g/mol. The molecule has 1 saturated heterocycles. The largest absolute Gasteiger partial charge is 0.394 e. The number of rotatable bonds is 4. The van der Waals surface area contributed by atoms with Crippen molar-refractivity contribution in [1.29, 1.82) is 0 Å². The van der Waals surface area contributed by atoms with Crippen molar-refractivity contribution in [1.82, 2.24) is 15.1 Å². The number of carbonyl (C=O) groups excluding carboxylic acids is 1. The maximum absolute atomic E-state index is 11.7. The summed E-state index contributed by atoms with van der Waals surface area (Å²) in [5.41, 5.74) is 7.47. The first-order chi connectivity index (χ1) is 8.63. The Bertz CT molecular complexity index is 440. The minimum absolute atomic E-state index is 0.0440. The first-order valence-electron chi connectivity index (χ1n) is 6.50. The summed E-state index contributed by atoms with van der Waals surface area (Å²) in [6, 6.07) is -0.201. The highest BCUT2D eigenvalue weighted by Gasteiger charge is 2.24. The highest BCUT2D eigenvalue weighted by Crippen LogP contribution is 2.24. The molecule has 1 aromatic heterocycles. The second-order valence-corrected chi connectivity index (χ2v) is 4.70. The Labute approximate surface area is 107 Å². The number of hydrogen-bond donors (Lipinski definition) is 3. The van der Waals surface area contributed by atoms with E-state index in [-0.39, 0.29) is 11.9 Å². The molecule has 0 spiro atoms. The fourth-order valence-electron chi connectivity index (χ4n) is 2.20. The number of piperidine rings is 1. The summed E-state index contributed by atoms with van der Waals surface area (Å²) in [7, 11) is 0. The molecule has 2 heterocycles. The van der Waals surface area contributed by atoms with E-state index in [1.807, 2.05) is 11.6 Å². The lowest BCUT2D eigenvalue weighted by Gasteiger charge is -2.24. The van der Waals surface area contributed by atoms with Crippen LogP contribution < -0.4 is 16.4 Å². The molecule has 18 heavy (non-hydrogen) atoms. The molecule has 4 N–H and O–H groups in total. The Morgan fingerprint density at radius 1 is 1.61 bits per heavy atom. The molecule has 6 heteroatoms. The highest BCUT2D eigenvalue weighted by molar-refractivity contribution is 5.86. The van der Waals surface area contributed by atoms with Gasteiger partial charge in [-0.15, -0.1) is 0 Å². The van der Waals surface area contributed by atoms with Crippen LogP contribution in [0.1, 0.15) is 31.9 Å². The second kappa shape index (κ2) is 5.29. The number of carbonyl (C=O) groups is 1. The van der Waals surface area contributed by atoms with Crippen LogP contribution in [0.4, 0.5) is 11.5 Å². The zero-order valence-electron chi connectivity index (χ0n) is 11.0. The van der Waals surface area contributed by atoms with Crippen LogP contribution in [-0.4, -0.2) is 28.3 Å². The summed E-state index contributed by atoms with van der Waals surface area (Å²) in [5.74, 6) is 0.818. The van der Waals surface area contributed by atoms with Gasteiger partial charge in [-0.25, -0.2) is 4.68 Å². The van der Waals surface area contributed by atoms with Crippen molar-refractivity contribution in [2.75, 3.05) is 17.6 Å². The average Bonchev–Trinajstić information content (AvgIpc) is 2.60. The number of nitrogen functional groups attached to an aromatic ring is 1. The Balaban J connectivity index is 2.18. The molecule has 0 saturated carbocycles. The van der Waals surface area contributed by atoms with Gasteiger partial charge < -0.3 is 16.4 Å². The standard InChI is InChI=1S/C12H21N5O/c1-3-7-17-11(10(13)8(2)16-17)15-9-5-4-6-14-12(9)18/h9,15H,3-7,13H2,1-2H3,(H,14,18). The first kappa shape index (κ1) is 12.7. The SMILES string of the molecule is CCCn1nc(C)c(N)c1NC1CCCNC1=O. The van der Waals surface area contributed by atoms with Gasteiger partial charge >= 0.3 is 0 Å². The van der Waals surface area contributed by atoms with E-state index in [0.717, 1.165) is 43.9 Å². The molecule has 100 valence electrons. The Hall–Kier alpha value is -1.72. The summed E-state index contributed by atoms with van der Waals surface area (Å²) in [6.45, 7) is 5.53. The van der Waals surface area contributed by atoms with Gasteiger partial charge in [0.1, 0.15) is 11.9 Å². The molecule has 0 aliphatic carbocycles. The lowest BCUT2D eigenvalue weighted by molar-refractivity contribution is -0.123. The number of aromatic nitrogens is 2. The lowest BCUT2D eigenvalue weighted by atomic mass is 10.1. The van der Waals surface area contributed by atoms with E-state index in [0.29, 0.717) is 5.69 Å². The topological polar surface area (TPSA) is 85.0 Å². The van der Waals surface area contributed by atoms with Crippen LogP contribution in [0, 0.1) is 6.92 Å². The fourth-order valence-corrected chi connectivity index (χ4v) is 2.20. The molecular formula is C12H21N5O. The molecule has 1 fully saturated rings. The summed E-state index contributed by atoms with van der Waals surface area (Å²) in [6.07, 6.45) is 2.80. The molecular weight excluding hydrogens is 230 g/mol. The van der Waals surface area contributed by atoms with Gasteiger partial charge in [-0.1, -0.05) is 6.92 Å². The van der Waals surface area contributed by atoms with Crippen molar-refractivity contribution in [2.24, 2.45) is 0 Å². The fraction of sp³-hybridized carbons (Fsp3) is 0.667. The van der Waals surface area contributed by atoms with Gasteiger partial charge in [0.15, 0.2) is 0 Å². The van der Waals surface area contributed by atoms with Gasteiger partial charge in [-0.3, -0.25) is 4.79 Å². The average molecular weight is 251 g/mol. The molecule has 1 aliphatic rings. The maximum atomic E-state index is 11.7. The highest BCUT2D eigenvalue weighted by atomic mass is 16.2. The number of amides is 1. The van der Waals surface area contributed by atoms with Gasteiger partial charge in [0.2, 0.25) is 5.91 Å². The van der Waals surface area contributed by atoms with E-state index in [1.165, 1.54) is 0 Å². The Morgan fingerprint density at radius 2 is 2.39 bits per heavy atom. The van der Waals surface area contributed by atoms with E-state index in [2.05, 4.69) is 22.7 Å². The number of nitrogens with zero attached hydrogens (tertiary/aromatic N) is 2. The molecule has 0 bridgehead atoms. The third kappa shape index (κ3) is 2.42. The molecule has 0 aromatic carbocycles. The third-order valence-corrected chi connectivity index (χ3v) is 3.21. The number of nitrogens with one attached hydrogen (secondary N) is 2. The van der Waals surface area contributed by atoms with Gasteiger partial charge in [0, 0.05) is 13.1 Å². The second-order valence-electron chi connectivity index (χ2n) is 4.70. The zero-order valence-corrected chi connectivity index (χ0v) is 11.0. The van der Waals surface area contributed by atoms with E-state index >= 15 is 0 Å². The normalized spacial score (nSPS) is 19.7. The summed E-state index contributed by atoms with van der Waals surface area (Å²) in [4.78, 5) is 11.7. The van der Waals surface area contributed by atoms with E-state index < -0.39 is 0 Å². The molecule has 6 nitrogen and oxygen atoms in total. The lowest BCUT2D eigenvalue weighted by Crippen LogP contribution is -2.44. The van der Waals surface area contributed by atoms with Crippen LogP contribution in [0.3, 0.4) is 0 Å². The van der Waals surface area contributed by atoms with Crippen LogP contribution in [0.2, 0.25) is 0 Å². The van der Waals surface area contributed by atoms with Crippen molar-refractivity contribution < 1.29 is 4.79 Å². The number of nitrogens with two attached hydrogens (primary N) is 1. The molecule has 0 radical (unpaired) electrons. The zero-order chi connectivity index (χ0) is 13.1.